The maximum Gasteiger partial charge on any atom is 0.350 e. The molecule has 1 atom stereocenters. The molecule has 2 rings (SSSR count). The summed E-state index contributed by atoms with van der Waals surface area (Å²) in [7, 11) is 0. The quantitative estimate of drug-likeness (QED) is 0.0519. The Bertz CT molecular complexity index is 936. The van der Waals surface area contributed by atoms with E-state index in [-0.39, 0.29) is 41.6 Å². The Balaban J connectivity index is 0.00000544. The molecule has 1 aliphatic heterocycles. The second-order valence-corrected chi connectivity index (χ2v) is 7.20. The predicted molar refractivity (Wildman–Crippen MR) is 123 cm³/mol. The van der Waals surface area contributed by atoms with Crippen molar-refractivity contribution in [1.29, 1.82) is 0 Å². The van der Waals surface area contributed by atoms with Gasteiger partial charge in [-0.3, -0.25) is 19.9 Å². The molecule has 1 unspecified atom stereocenters. The lowest BCUT2D eigenvalue weighted by molar-refractivity contribution is -0.384. The summed E-state index contributed by atoms with van der Waals surface area (Å²) in [6.07, 6.45) is 1.68. The number of esters is 2. The summed E-state index contributed by atoms with van der Waals surface area (Å²) < 4.78 is 10.0. The number of hydrogen-bond donors (Lipinski definition) is 4. The lowest BCUT2D eigenvalue weighted by Crippen LogP contribution is -2.43. The first-order valence-electron chi connectivity index (χ1n) is 9.52. The van der Waals surface area contributed by atoms with Crippen LogP contribution < -0.4 is 22.1 Å². The van der Waals surface area contributed by atoms with E-state index in [1.165, 1.54) is 38.1 Å². The molecule has 1 aliphatic rings. The minimum Gasteiger partial charge on any atom is -0.419 e. The first-order chi connectivity index (χ1) is 15.0. The number of aliphatic imine (C=N–C) groups is 1. The summed E-state index contributed by atoms with van der Waals surface area (Å²) in [6.45, 7) is 3.08. The van der Waals surface area contributed by atoms with Gasteiger partial charge in [0.2, 0.25) is 5.91 Å². The largest absolute Gasteiger partial charge is 0.419 e. The van der Waals surface area contributed by atoms with Crippen LogP contribution in [0.3, 0.4) is 0 Å². The molecule has 0 bridgehead atoms. The molecular formula is C19H25BrN6O7. The number of non-ortho nitro benzene ring substituents is 1. The maximum absolute atomic E-state index is 12.7. The molecule has 1 heterocycles. The summed E-state index contributed by atoms with van der Waals surface area (Å²) in [5.74, 6) is -3.79. The maximum atomic E-state index is 12.7. The number of halogens is 1. The highest BCUT2D eigenvalue weighted by molar-refractivity contribution is 8.93. The van der Waals surface area contributed by atoms with Crippen LogP contribution in [-0.2, 0) is 23.9 Å². The van der Waals surface area contributed by atoms with Crippen LogP contribution in [0.25, 0.3) is 0 Å². The zero-order valence-corrected chi connectivity index (χ0v) is 19.6. The van der Waals surface area contributed by atoms with Gasteiger partial charge in [-0.25, -0.2) is 9.59 Å². The third-order valence-electron chi connectivity index (χ3n) is 4.15. The molecule has 14 heteroatoms. The van der Waals surface area contributed by atoms with Crippen molar-refractivity contribution in [2.45, 2.75) is 38.5 Å². The molecular weight excluding hydrogens is 504 g/mol. The number of cyclic esters (lactones) is 2. The Hall–Kier alpha value is -3.68. The number of nitro benzene ring substituents is 1. The van der Waals surface area contributed by atoms with E-state index in [0.717, 1.165) is 6.20 Å². The number of carbonyl (C=O) groups is 3. The van der Waals surface area contributed by atoms with Gasteiger partial charge < -0.3 is 31.6 Å². The molecule has 0 spiro atoms. The number of nitrogens with zero attached hydrogens (tertiary/aromatic N) is 2. The third-order valence-corrected chi connectivity index (χ3v) is 4.15. The number of carbonyl (C=O) groups excluding carboxylic acids is 3. The number of nitro groups is 1. The lowest BCUT2D eigenvalue weighted by Gasteiger charge is -2.30. The first-order valence-corrected chi connectivity index (χ1v) is 9.52. The van der Waals surface area contributed by atoms with Crippen molar-refractivity contribution in [2.75, 3.05) is 11.9 Å². The van der Waals surface area contributed by atoms with Gasteiger partial charge in [0.1, 0.15) is 6.04 Å². The van der Waals surface area contributed by atoms with Crippen LogP contribution >= 0.6 is 17.0 Å². The van der Waals surface area contributed by atoms with E-state index < -0.39 is 40.2 Å². The molecule has 33 heavy (non-hydrogen) atoms. The first kappa shape index (κ1) is 27.4. The molecule has 13 nitrogen and oxygen atoms in total. The van der Waals surface area contributed by atoms with E-state index in [4.69, 9.17) is 20.9 Å². The molecule has 180 valence electrons. The van der Waals surface area contributed by atoms with Crippen LogP contribution in [0.15, 0.2) is 41.0 Å². The Morgan fingerprint density at radius 3 is 2.30 bits per heavy atom. The second-order valence-electron chi connectivity index (χ2n) is 7.20. The van der Waals surface area contributed by atoms with E-state index in [1.807, 2.05) is 0 Å². The van der Waals surface area contributed by atoms with Gasteiger partial charge in [0.25, 0.3) is 11.5 Å². The molecule has 6 N–H and O–H groups in total. The molecule has 1 aromatic rings. The number of rotatable bonds is 9. The van der Waals surface area contributed by atoms with Crippen molar-refractivity contribution in [3.8, 4) is 0 Å². The topological polar surface area (TPSA) is 201 Å². The molecule has 1 amide bonds. The Labute approximate surface area is 199 Å². The molecule has 1 saturated heterocycles. The zero-order chi connectivity index (χ0) is 23.9. The highest BCUT2D eigenvalue weighted by Crippen LogP contribution is 2.22. The minimum atomic E-state index is -1.39. The second kappa shape index (κ2) is 11.8. The number of amides is 1. The van der Waals surface area contributed by atoms with E-state index in [9.17, 15) is 24.5 Å². The van der Waals surface area contributed by atoms with E-state index >= 15 is 0 Å². The molecule has 1 aromatic carbocycles. The summed E-state index contributed by atoms with van der Waals surface area (Å²) in [5, 5.41) is 16.1. The summed E-state index contributed by atoms with van der Waals surface area (Å²) >= 11 is 0. The third kappa shape index (κ3) is 8.40. The van der Waals surface area contributed by atoms with Crippen LogP contribution in [0.2, 0.25) is 0 Å². The van der Waals surface area contributed by atoms with E-state index in [2.05, 4.69) is 15.6 Å². The van der Waals surface area contributed by atoms with E-state index in [0.29, 0.717) is 12.1 Å². The van der Waals surface area contributed by atoms with E-state index in [1.54, 1.807) is 0 Å². The number of ether oxygens (including phenoxy) is 2. The number of hydrogen-bond acceptors (Lipinski definition) is 9. The number of benzene rings is 1. The van der Waals surface area contributed by atoms with Gasteiger partial charge in [-0.1, -0.05) is 0 Å². The highest BCUT2D eigenvalue weighted by atomic mass is 79.9. The van der Waals surface area contributed by atoms with Crippen molar-refractivity contribution in [1.82, 2.24) is 5.32 Å². The van der Waals surface area contributed by atoms with Gasteiger partial charge in [-0.2, -0.15) is 0 Å². The van der Waals surface area contributed by atoms with Gasteiger partial charge in [0.05, 0.1) is 4.92 Å². The molecule has 1 fully saturated rings. The lowest BCUT2D eigenvalue weighted by atomic mass is 10.1. The molecule has 0 aromatic heterocycles. The summed E-state index contributed by atoms with van der Waals surface area (Å²) in [4.78, 5) is 51.0. The Morgan fingerprint density at radius 2 is 1.79 bits per heavy atom. The average Bonchev–Trinajstić information content (AvgIpc) is 2.68. The van der Waals surface area contributed by atoms with Crippen molar-refractivity contribution in [3.63, 3.8) is 0 Å². The van der Waals surface area contributed by atoms with Gasteiger partial charge in [-0.15, -0.1) is 17.0 Å². The Morgan fingerprint density at radius 1 is 1.21 bits per heavy atom. The van der Waals surface area contributed by atoms with Crippen molar-refractivity contribution in [3.05, 3.63) is 46.2 Å². The molecule has 0 aliphatic carbocycles. The number of anilines is 1. The number of nitrogens with one attached hydrogen (secondary N) is 2. The van der Waals surface area contributed by atoms with Crippen molar-refractivity contribution in [2.24, 2.45) is 16.5 Å². The monoisotopic (exact) mass is 528 g/mol. The SMILES string of the molecule is Br.CC1(C)OC(=O)C(=CNC(CCCN=C(N)N)C(=O)Nc2ccc([N+](=O)[O-])cc2)C(=O)O1. The fraction of sp³-hybridized carbons (Fsp3) is 0.368. The summed E-state index contributed by atoms with van der Waals surface area (Å²) in [5.41, 5.74) is 10.4. The molecule has 0 saturated carbocycles. The van der Waals surface area contributed by atoms with Crippen molar-refractivity contribution >= 4 is 52.2 Å². The molecule has 0 radical (unpaired) electrons. The van der Waals surface area contributed by atoms with Gasteiger partial charge in [-0.05, 0) is 25.0 Å². The zero-order valence-electron chi connectivity index (χ0n) is 17.9. The van der Waals surface area contributed by atoms with Gasteiger partial charge >= 0.3 is 11.9 Å². The van der Waals surface area contributed by atoms with Crippen LogP contribution in [0, 0.1) is 10.1 Å². The van der Waals surface area contributed by atoms with Crippen molar-refractivity contribution < 1.29 is 28.8 Å². The van der Waals surface area contributed by atoms with Crippen LogP contribution in [0.4, 0.5) is 11.4 Å². The number of nitrogens with two attached hydrogens (primary N) is 2. The Kier molecular flexibility index (Phi) is 9.78. The predicted octanol–water partition coefficient (Wildman–Crippen LogP) is 0.843. The standard InChI is InChI=1S/C19H24N6O7.BrH/c1-19(2)31-16(27)13(17(28)32-19)10-23-14(4-3-9-22-18(20)21)15(26)24-11-5-7-12(8-6-11)25(29)30;/h5-8,10,14,23H,3-4,9H2,1-2H3,(H,24,26)(H4,20,21,22);1H. The minimum absolute atomic E-state index is 0. The smallest absolute Gasteiger partial charge is 0.350 e. The van der Waals surface area contributed by atoms with Gasteiger partial charge in [0, 0.05) is 44.4 Å². The fourth-order valence-corrected chi connectivity index (χ4v) is 2.65. The summed E-state index contributed by atoms with van der Waals surface area (Å²) in [6, 6.07) is 4.34. The van der Waals surface area contributed by atoms with Gasteiger partial charge in [0.15, 0.2) is 11.5 Å². The highest BCUT2D eigenvalue weighted by Gasteiger charge is 2.39. The number of guanidine groups is 1. The van der Waals surface area contributed by atoms with Crippen LogP contribution in [0.5, 0.6) is 0 Å². The normalized spacial score (nSPS) is 15.2. The fourth-order valence-electron chi connectivity index (χ4n) is 2.65. The van der Waals surface area contributed by atoms with Crippen LogP contribution in [0.1, 0.15) is 26.7 Å². The average molecular weight is 529 g/mol. The van der Waals surface area contributed by atoms with Crippen LogP contribution in [-0.4, -0.2) is 47.1 Å².